The van der Waals surface area contributed by atoms with Gasteiger partial charge < -0.3 is 15.1 Å². The van der Waals surface area contributed by atoms with E-state index in [9.17, 15) is 14.0 Å². The lowest BCUT2D eigenvalue weighted by molar-refractivity contribution is -0.895. The first kappa shape index (κ1) is 17.6. The first-order valence-corrected chi connectivity index (χ1v) is 8.93. The number of nitrogens with one attached hydrogen (secondary N) is 2. The lowest BCUT2D eigenvalue weighted by Gasteiger charge is -2.32. The normalized spacial score (nSPS) is 20.7. The number of hydrogen-bond donors (Lipinski definition) is 2. The number of amides is 2. The molecule has 2 N–H and O–H groups in total. The fourth-order valence-electron chi connectivity index (χ4n) is 3.43. The maximum Gasteiger partial charge on any atom is 0.279 e. The maximum absolute atomic E-state index is 12.9. The van der Waals surface area contributed by atoms with E-state index in [2.05, 4.69) is 17.5 Å². The summed E-state index contributed by atoms with van der Waals surface area (Å²) < 4.78 is 12.9. The molecule has 1 atom stereocenters. The number of rotatable bonds is 5. The Labute approximate surface area is 147 Å². The molecule has 2 amide bonds. The first-order valence-electron chi connectivity index (χ1n) is 8.93. The Kier molecular flexibility index (Phi) is 5.81. The van der Waals surface area contributed by atoms with Gasteiger partial charge in [-0.1, -0.05) is 12.2 Å². The highest BCUT2D eigenvalue weighted by atomic mass is 19.1. The minimum atomic E-state index is -0.322. The summed E-state index contributed by atoms with van der Waals surface area (Å²) in [5, 5.41) is 2.78. The number of carbonyl (C=O) groups excluding carboxylic acids is 2. The third-order valence-electron chi connectivity index (χ3n) is 4.91. The Balaban J connectivity index is 1.39. The van der Waals surface area contributed by atoms with Crippen molar-refractivity contribution in [3.8, 4) is 0 Å². The number of allylic oxidation sites excluding steroid dienone is 2. The summed E-state index contributed by atoms with van der Waals surface area (Å²) >= 11 is 0. The lowest BCUT2D eigenvalue weighted by atomic mass is 10.0. The zero-order valence-electron chi connectivity index (χ0n) is 14.3. The summed E-state index contributed by atoms with van der Waals surface area (Å²) in [6, 6.07) is 5.76. The molecule has 1 heterocycles. The van der Waals surface area contributed by atoms with Crippen molar-refractivity contribution in [2.75, 3.05) is 38.0 Å². The molecule has 1 aliphatic carbocycles. The molecule has 0 bridgehead atoms. The van der Waals surface area contributed by atoms with Gasteiger partial charge in [-0.25, -0.2) is 4.39 Å². The van der Waals surface area contributed by atoms with E-state index >= 15 is 0 Å². The van der Waals surface area contributed by atoms with E-state index in [1.165, 1.54) is 17.0 Å². The van der Waals surface area contributed by atoms with Crippen LogP contribution in [0.5, 0.6) is 0 Å². The summed E-state index contributed by atoms with van der Waals surface area (Å²) in [5.41, 5.74) is 0.601. The zero-order valence-corrected chi connectivity index (χ0v) is 14.3. The van der Waals surface area contributed by atoms with Gasteiger partial charge in [0.25, 0.3) is 5.91 Å². The van der Waals surface area contributed by atoms with E-state index < -0.39 is 0 Å². The molecule has 1 fully saturated rings. The van der Waals surface area contributed by atoms with Gasteiger partial charge in [-0.15, -0.1) is 0 Å². The predicted octanol–water partition coefficient (Wildman–Crippen LogP) is 0.848. The maximum atomic E-state index is 12.9. The quantitative estimate of drug-likeness (QED) is 0.777. The van der Waals surface area contributed by atoms with Crippen LogP contribution in [-0.4, -0.2) is 49.4 Å². The Morgan fingerprint density at radius 3 is 2.56 bits per heavy atom. The zero-order chi connectivity index (χ0) is 17.6. The highest BCUT2D eigenvalue weighted by Gasteiger charge is 2.26. The molecule has 1 aromatic rings. The average molecular weight is 346 g/mol. The minimum Gasteiger partial charge on any atom is -0.331 e. The summed E-state index contributed by atoms with van der Waals surface area (Å²) in [7, 11) is 0. The smallest absolute Gasteiger partial charge is 0.279 e. The van der Waals surface area contributed by atoms with Crippen LogP contribution in [0.15, 0.2) is 36.4 Å². The molecule has 6 heteroatoms. The molecule has 0 spiro atoms. The second-order valence-electron chi connectivity index (χ2n) is 6.83. The van der Waals surface area contributed by atoms with Crippen LogP contribution >= 0.6 is 0 Å². The van der Waals surface area contributed by atoms with Crippen molar-refractivity contribution in [2.24, 2.45) is 5.92 Å². The molecule has 1 aliphatic heterocycles. The van der Waals surface area contributed by atoms with Gasteiger partial charge in [0, 0.05) is 12.1 Å². The van der Waals surface area contributed by atoms with Gasteiger partial charge in [-0.3, -0.25) is 9.59 Å². The Morgan fingerprint density at radius 2 is 1.92 bits per heavy atom. The van der Waals surface area contributed by atoms with E-state index in [-0.39, 0.29) is 17.6 Å². The fourth-order valence-corrected chi connectivity index (χ4v) is 3.43. The molecule has 1 aromatic carbocycles. The van der Waals surface area contributed by atoms with Gasteiger partial charge in [0.15, 0.2) is 6.54 Å². The van der Waals surface area contributed by atoms with Gasteiger partial charge in [0.1, 0.15) is 5.82 Å². The van der Waals surface area contributed by atoms with Crippen LogP contribution in [0.3, 0.4) is 0 Å². The monoisotopic (exact) mass is 346 g/mol. The number of benzene rings is 1. The molecule has 0 saturated carbocycles. The van der Waals surface area contributed by atoms with Gasteiger partial charge in [0.2, 0.25) is 5.91 Å². The molecular formula is C19H25FN3O2+. The number of hydrogen-bond acceptors (Lipinski definition) is 2. The standard InChI is InChI=1S/C19H24FN3O2/c20-16-5-7-17(8-6-16)21-18(24)14-22-9-11-23(12-10-22)19(25)13-15-3-1-2-4-15/h1,3,5-8,15H,2,4,9-14H2,(H,21,24)/p+1/t15-/m1/s1. The van der Waals surface area contributed by atoms with Crippen molar-refractivity contribution in [1.29, 1.82) is 0 Å². The SMILES string of the molecule is O=C(C[NH+]1CCN(C(=O)C[C@@H]2C=CCC2)CC1)Nc1ccc(F)cc1. The van der Waals surface area contributed by atoms with Crippen molar-refractivity contribution in [3.63, 3.8) is 0 Å². The number of quaternary nitrogens is 1. The number of nitrogens with zero attached hydrogens (tertiary/aromatic N) is 1. The van der Waals surface area contributed by atoms with Crippen LogP contribution in [0, 0.1) is 11.7 Å². The summed E-state index contributed by atoms with van der Waals surface area (Å²) in [5.74, 6) is 0.223. The molecule has 1 saturated heterocycles. The van der Waals surface area contributed by atoms with Crippen molar-refractivity contribution in [3.05, 3.63) is 42.2 Å². The van der Waals surface area contributed by atoms with Crippen LogP contribution in [0.1, 0.15) is 19.3 Å². The number of halogens is 1. The predicted molar refractivity (Wildman–Crippen MR) is 93.7 cm³/mol. The lowest BCUT2D eigenvalue weighted by Crippen LogP contribution is -3.15. The number of anilines is 1. The summed E-state index contributed by atoms with van der Waals surface area (Å²) in [6.45, 7) is 3.33. The molecule has 0 aromatic heterocycles. The third kappa shape index (κ3) is 5.13. The van der Waals surface area contributed by atoms with Crippen LogP contribution in [-0.2, 0) is 9.59 Å². The first-order chi connectivity index (χ1) is 12.1. The van der Waals surface area contributed by atoms with E-state index in [1.54, 1.807) is 12.1 Å². The molecule has 134 valence electrons. The molecule has 2 aliphatic rings. The topological polar surface area (TPSA) is 53.9 Å². The van der Waals surface area contributed by atoms with E-state index in [1.807, 2.05) is 4.90 Å². The molecule has 25 heavy (non-hydrogen) atoms. The number of piperazine rings is 1. The minimum absolute atomic E-state index is 0.0857. The van der Waals surface area contributed by atoms with Crippen LogP contribution in [0.2, 0.25) is 0 Å². The van der Waals surface area contributed by atoms with Crippen molar-refractivity contribution < 1.29 is 18.9 Å². The third-order valence-corrected chi connectivity index (χ3v) is 4.91. The highest BCUT2D eigenvalue weighted by Crippen LogP contribution is 2.21. The Bertz CT molecular complexity index is 637. The Morgan fingerprint density at radius 1 is 1.20 bits per heavy atom. The second-order valence-corrected chi connectivity index (χ2v) is 6.83. The van der Waals surface area contributed by atoms with Crippen LogP contribution in [0.25, 0.3) is 0 Å². The largest absolute Gasteiger partial charge is 0.331 e. The summed E-state index contributed by atoms with van der Waals surface area (Å²) in [6.07, 6.45) is 7.08. The van der Waals surface area contributed by atoms with Crippen molar-refractivity contribution in [1.82, 2.24) is 4.90 Å². The van der Waals surface area contributed by atoms with E-state index in [0.29, 0.717) is 37.7 Å². The highest BCUT2D eigenvalue weighted by molar-refractivity contribution is 5.91. The second kappa shape index (κ2) is 8.25. The molecule has 0 unspecified atom stereocenters. The van der Waals surface area contributed by atoms with Gasteiger partial charge in [0.05, 0.1) is 26.2 Å². The molecule has 3 rings (SSSR count). The van der Waals surface area contributed by atoms with Crippen molar-refractivity contribution in [2.45, 2.75) is 19.3 Å². The average Bonchev–Trinajstić information content (AvgIpc) is 3.10. The van der Waals surface area contributed by atoms with Gasteiger partial charge in [-0.05, 0) is 43.0 Å². The van der Waals surface area contributed by atoms with Crippen LogP contribution < -0.4 is 10.2 Å². The van der Waals surface area contributed by atoms with Gasteiger partial charge in [-0.2, -0.15) is 0 Å². The Hall–Kier alpha value is -2.21. The van der Waals surface area contributed by atoms with Crippen LogP contribution in [0.4, 0.5) is 10.1 Å². The fraction of sp³-hybridized carbons (Fsp3) is 0.474. The van der Waals surface area contributed by atoms with Crippen molar-refractivity contribution >= 4 is 17.5 Å². The van der Waals surface area contributed by atoms with E-state index in [0.717, 1.165) is 25.9 Å². The molecular weight excluding hydrogens is 321 g/mol. The number of carbonyl (C=O) groups is 2. The van der Waals surface area contributed by atoms with E-state index in [4.69, 9.17) is 0 Å². The van der Waals surface area contributed by atoms with Gasteiger partial charge >= 0.3 is 0 Å². The molecule has 5 nitrogen and oxygen atoms in total. The summed E-state index contributed by atoms with van der Waals surface area (Å²) in [4.78, 5) is 27.5. The molecule has 0 radical (unpaired) electrons.